The van der Waals surface area contributed by atoms with Gasteiger partial charge in [0.1, 0.15) is 0 Å². The van der Waals surface area contributed by atoms with Crippen molar-refractivity contribution in [1.82, 2.24) is 0 Å². The zero-order valence-corrected chi connectivity index (χ0v) is 10.4. The molecule has 16 heavy (non-hydrogen) atoms. The van der Waals surface area contributed by atoms with Gasteiger partial charge in [0.15, 0.2) is 0 Å². The Hall–Kier alpha value is -1.02. The zero-order valence-electron chi connectivity index (χ0n) is 10.4. The molecule has 2 nitrogen and oxygen atoms in total. The van der Waals surface area contributed by atoms with E-state index >= 15 is 0 Å². The van der Waals surface area contributed by atoms with Crippen LogP contribution in [-0.2, 0) is 6.42 Å². The molecule has 0 spiro atoms. The fraction of sp³-hybridized carbons (Fsp3) is 0.571. The molecule has 1 aliphatic rings. The fourth-order valence-corrected chi connectivity index (χ4v) is 2.38. The summed E-state index contributed by atoms with van der Waals surface area (Å²) < 4.78 is 0. The van der Waals surface area contributed by atoms with Crippen LogP contribution in [0.25, 0.3) is 0 Å². The number of para-hydroxylation sites is 1. The van der Waals surface area contributed by atoms with E-state index in [1.54, 1.807) is 0 Å². The first-order valence-corrected chi connectivity index (χ1v) is 5.99. The third kappa shape index (κ3) is 2.07. The van der Waals surface area contributed by atoms with Crippen LogP contribution in [0, 0.1) is 5.41 Å². The predicted molar refractivity (Wildman–Crippen MR) is 67.8 cm³/mol. The second-order valence-corrected chi connectivity index (χ2v) is 5.63. The number of fused-ring (bicyclic) bond motifs is 1. The number of hydrogen-bond acceptors (Lipinski definition) is 2. The van der Waals surface area contributed by atoms with Crippen molar-refractivity contribution in [2.45, 2.75) is 33.2 Å². The molecule has 0 aliphatic carbocycles. The van der Waals surface area contributed by atoms with Gasteiger partial charge in [0.2, 0.25) is 0 Å². The number of hydrogen-bond donors (Lipinski definition) is 1. The van der Waals surface area contributed by atoms with E-state index in [1.807, 2.05) is 0 Å². The van der Waals surface area contributed by atoms with Crippen molar-refractivity contribution in [2.75, 3.05) is 18.1 Å². The topological polar surface area (TPSA) is 23.5 Å². The summed E-state index contributed by atoms with van der Waals surface area (Å²) in [6.07, 6.45) is 1.12. The number of aliphatic hydroxyl groups excluding tert-OH is 1. The highest BCUT2D eigenvalue weighted by molar-refractivity contribution is 5.59. The fourth-order valence-electron chi connectivity index (χ4n) is 2.38. The molecule has 0 radical (unpaired) electrons. The molecule has 1 heterocycles. The number of rotatable bonds is 3. The lowest BCUT2D eigenvalue weighted by Gasteiger charge is -2.33. The highest BCUT2D eigenvalue weighted by atomic mass is 16.3. The first-order valence-electron chi connectivity index (χ1n) is 5.99. The van der Waals surface area contributed by atoms with Crippen molar-refractivity contribution >= 4 is 5.69 Å². The van der Waals surface area contributed by atoms with Gasteiger partial charge in [0.05, 0.1) is 0 Å². The van der Waals surface area contributed by atoms with Crippen LogP contribution in [0.1, 0.15) is 26.3 Å². The van der Waals surface area contributed by atoms with E-state index in [2.05, 4.69) is 49.9 Å². The molecule has 0 bridgehead atoms. The van der Waals surface area contributed by atoms with Gasteiger partial charge in [-0.15, -0.1) is 0 Å². The van der Waals surface area contributed by atoms with Gasteiger partial charge in [-0.25, -0.2) is 0 Å². The molecule has 0 saturated carbocycles. The Morgan fingerprint density at radius 3 is 2.75 bits per heavy atom. The minimum atomic E-state index is -0.0360. The Bertz CT molecular complexity index is 373. The van der Waals surface area contributed by atoms with E-state index in [9.17, 15) is 5.11 Å². The monoisotopic (exact) mass is 219 g/mol. The van der Waals surface area contributed by atoms with Gasteiger partial charge >= 0.3 is 0 Å². The second kappa shape index (κ2) is 4.10. The quantitative estimate of drug-likeness (QED) is 0.844. The molecule has 0 aromatic heterocycles. The maximum Gasteiger partial charge on any atom is 0.0499 e. The van der Waals surface area contributed by atoms with Crippen molar-refractivity contribution < 1.29 is 5.11 Å². The van der Waals surface area contributed by atoms with Gasteiger partial charge in [0, 0.05) is 30.3 Å². The van der Waals surface area contributed by atoms with Crippen molar-refractivity contribution in [3.63, 3.8) is 0 Å². The van der Waals surface area contributed by atoms with Crippen LogP contribution in [0.2, 0.25) is 0 Å². The van der Waals surface area contributed by atoms with Crippen molar-refractivity contribution in [3.8, 4) is 0 Å². The summed E-state index contributed by atoms with van der Waals surface area (Å²) in [6.45, 7) is 7.63. The summed E-state index contributed by atoms with van der Waals surface area (Å²) in [4.78, 5) is 2.42. The third-order valence-corrected chi connectivity index (χ3v) is 3.37. The molecule has 1 aliphatic heterocycles. The lowest BCUT2D eigenvalue weighted by molar-refractivity contribution is 0.163. The summed E-state index contributed by atoms with van der Waals surface area (Å²) in [5.74, 6) is 0. The molecule has 1 N–H and O–H groups in total. The molecule has 0 fully saturated rings. The van der Waals surface area contributed by atoms with E-state index in [0.717, 1.165) is 13.0 Å². The molecule has 0 saturated heterocycles. The van der Waals surface area contributed by atoms with Gasteiger partial charge in [-0.1, -0.05) is 32.0 Å². The highest BCUT2D eigenvalue weighted by Crippen LogP contribution is 2.34. The van der Waals surface area contributed by atoms with E-state index in [1.165, 1.54) is 11.3 Å². The first-order chi connectivity index (χ1) is 7.53. The normalized spacial score (nSPS) is 20.0. The number of aliphatic hydroxyl groups is 1. The lowest BCUT2D eigenvalue weighted by atomic mass is 9.93. The Morgan fingerprint density at radius 1 is 1.38 bits per heavy atom. The molecule has 1 aromatic carbocycles. The number of nitrogens with zero attached hydrogens (tertiary/aromatic N) is 1. The molecule has 88 valence electrons. The third-order valence-electron chi connectivity index (χ3n) is 3.37. The Kier molecular flexibility index (Phi) is 2.94. The van der Waals surface area contributed by atoms with Crippen LogP contribution in [0.3, 0.4) is 0 Å². The van der Waals surface area contributed by atoms with E-state index < -0.39 is 0 Å². The molecule has 2 rings (SSSR count). The van der Waals surface area contributed by atoms with Crippen molar-refractivity contribution in [2.24, 2.45) is 5.41 Å². The molecule has 0 amide bonds. The molecule has 2 heteroatoms. The van der Waals surface area contributed by atoms with Crippen LogP contribution in [0.4, 0.5) is 5.69 Å². The molecule has 1 unspecified atom stereocenters. The van der Waals surface area contributed by atoms with Crippen molar-refractivity contribution in [3.05, 3.63) is 29.8 Å². The average Bonchev–Trinajstić information content (AvgIpc) is 2.56. The van der Waals surface area contributed by atoms with Crippen LogP contribution in [-0.4, -0.2) is 24.3 Å². The zero-order chi connectivity index (χ0) is 11.8. The van der Waals surface area contributed by atoms with Crippen LogP contribution in [0.15, 0.2) is 24.3 Å². The van der Waals surface area contributed by atoms with Crippen LogP contribution < -0.4 is 4.90 Å². The molecular weight excluding hydrogens is 198 g/mol. The summed E-state index contributed by atoms with van der Waals surface area (Å²) in [7, 11) is 0. The summed E-state index contributed by atoms with van der Waals surface area (Å²) in [5.41, 5.74) is 2.74. The largest absolute Gasteiger partial charge is 0.396 e. The van der Waals surface area contributed by atoms with E-state index in [4.69, 9.17) is 0 Å². The minimum Gasteiger partial charge on any atom is -0.396 e. The molecule has 1 atom stereocenters. The predicted octanol–water partition coefficient (Wildman–Crippen LogP) is 2.46. The second-order valence-electron chi connectivity index (χ2n) is 5.63. The summed E-state index contributed by atoms with van der Waals surface area (Å²) in [5, 5.41) is 9.36. The van der Waals surface area contributed by atoms with E-state index in [-0.39, 0.29) is 12.0 Å². The SMILES string of the molecule is CC1Cc2ccccc2N1CC(C)(C)CO. The van der Waals surface area contributed by atoms with Crippen LogP contribution in [0.5, 0.6) is 0 Å². The minimum absolute atomic E-state index is 0.0360. The molecular formula is C14H21NO. The lowest BCUT2D eigenvalue weighted by Crippen LogP contribution is -2.39. The first kappa shape index (κ1) is 11.5. The highest BCUT2D eigenvalue weighted by Gasteiger charge is 2.30. The Balaban J connectivity index is 2.22. The van der Waals surface area contributed by atoms with Gasteiger partial charge in [-0.05, 0) is 25.0 Å². The summed E-state index contributed by atoms with van der Waals surface area (Å²) >= 11 is 0. The van der Waals surface area contributed by atoms with Gasteiger partial charge < -0.3 is 10.0 Å². The summed E-state index contributed by atoms with van der Waals surface area (Å²) in [6, 6.07) is 9.13. The van der Waals surface area contributed by atoms with Gasteiger partial charge in [-0.3, -0.25) is 0 Å². The maximum absolute atomic E-state index is 9.36. The average molecular weight is 219 g/mol. The number of benzene rings is 1. The standard InChI is InChI=1S/C14H21NO/c1-11-8-12-6-4-5-7-13(12)15(11)9-14(2,3)10-16/h4-7,11,16H,8-10H2,1-3H3. The maximum atomic E-state index is 9.36. The molecule has 1 aromatic rings. The smallest absolute Gasteiger partial charge is 0.0499 e. The Labute approximate surface area is 97.9 Å². The van der Waals surface area contributed by atoms with Crippen LogP contribution >= 0.6 is 0 Å². The Morgan fingerprint density at radius 2 is 2.06 bits per heavy atom. The van der Waals surface area contributed by atoms with Gasteiger partial charge in [0.25, 0.3) is 0 Å². The van der Waals surface area contributed by atoms with E-state index in [0.29, 0.717) is 6.04 Å². The van der Waals surface area contributed by atoms with Crippen molar-refractivity contribution in [1.29, 1.82) is 0 Å². The van der Waals surface area contributed by atoms with Gasteiger partial charge in [-0.2, -0.15) is 0 Å². The number of anilines is 1.